The van der Waals surface area contributed by atoms with Crippen LogP contribution < -0.4 is 10.2 Å². The lowest BCUT2D eigenvalue weighted by Crippen LogP contribution is -2.32. The van der Waals surface area contributed by atoms with Gasteiger partial charge in [-0.1, -0.05) is 117 Å². The fourth-order valence-electron chi connectivity index (χ4n) is 8.11. The Hall–Kier alpha value is -6.44. The maximum atomic E-state index is 14.3. The maximum absolute atomic E-state index is 14.3. The Morgan fingerprint density at radius 1 is 0.291 bits per heavy atom. The molecule has 0 spiro atoms. The van der Waals surface area contributed by atoms with Gasteiger partial charge in [0.2, 0.25) is 29.4 Å². The van der Waals surface area contributed by atoms with Gasteiger partial charge in [0, 0.05) is 72.8 Å². The number of hydrogen-bond donors (Lipinski definition) is 0. The van der Waals surface area contributed by atoms with E-state index in [0.717, 1.165) is 25.7 Å². The lowest BCUT2D eigenvalue weighted by atomic mass is 10.1. The van der Waals surface area contributed by atoms with E-state index in [1.54, 1.807) is 0 Å². The first-order valence-corrected chi connectivity index (χ1v) is 29.1. The Balaban J connectivity index is 0.000000314. The van der Waals surface area contributed by atoms with Crippen molar-refractivity contribution in [3.63, 3.8) is 0 Å². The molecule has 0 amide bonds. The molecule has 0 heterocycles. The van der Waals surface area contributed by atoms with E-state index in [1.807, 2.05) is 0 Å². The van der Waals surface area contributed by atoms with Crippen molar-refractivity contribution in [1.29, 1.82) is 0 Å². The zero-order valence-corrected chi connectivity index (χ0v) is 47.5. The number of benzene rings is 6. The van der Waals surface area contributed by atoms with Crippen LogP contribution in [0.15, 0.2) is 102 Å². The number of carboxylic acid groups (broad SMARTS) is 2. The number of halogens is 20. The van der Waals surface area contributed by atoms with Crippen LogP contribution in [0.2, 0.25) is 0 Å². The summed E-state index contributed by atoms with van der Waals surface area (Å²) < 4.78 is 276. The molecular formula is C60H56F20O4S2. The van der Waals surface area contributed by atoms with E-state index in [4.69, 9.17) is 0 Å². The Morgan fingerprint density at radius 3 is 0.570 bits per heavy atom. The monoisotopic (exact) mass is 1280 g/mol. The number of carbonyl (C=O) groups is 2. The Bertz CT molecular complexity index is 2570. The fourth-order valence-corrected chi connectivity index (χ4v) is 12.4. The van der Waals surface area contributed by atoms with Crippen LogP contribution in [-0.4, -0.2) is 24.3 Å². The lowest BCUT2D eigenvalue weighted by molar-refractivity contribution is -0.313. The van der Waals surface area contributed by atoms with Crippen LogP contribution in [0.25, 0.3) is 0 Å². The summed E-state index contributed by atoms with van der Waals surface area (Å²) in [6.07, 6.45) is 14.5. The zero-order valence-electron chi connectivity index (χ0n) is 45.8. The first-order valence-electron chi connectivity index (χ1n) is 26.6. The van der Waals surface area contributed by atoms with Gasteiger partial charge < -0.3 is 19.8 Å². The fraction of sp³-hybridized carbons (Fsp3) is 0.367. The molecule has 0 N–H and O–H groups in total. The van der Waals surface area contributed by atoms with Gasteiger partial charge in [0.15, 0.2) is 69.8 Å². The third-order valence-corrected chi connectivity index (χ3v) is 16.9. The highest BCUT2D eigenvalue weighted by Crippen LogP contribution is 2.42. The van der Waals surface area contributed by atoms with Crippen molar-refractivity contribution in [1.82, 2.24) is 0 Å². The van der Waals surface area contributed by atoms with Crippen molar-refractivity contribution in [3.05, 3.63) is 178 Å². The van der Waals surface area contributed by atoms with Gasteiger partial charge in [0.1, 0.15) is 69.0 Å². The summed E-state index contributed by atoms with van der Waals surface area (Å²) in [4.78, 5) is 12.4. The predicted molar refractivity (Wildman–Crippen MR) is 276 cm³/mol. The number of alkyl halides is 2. The van der Waals surface area contributed by atoms with Crippen molar-refractivity contribution in [2.45, 2.75) is 171 Å². The van der Waals surface area contributed by atoms with Crippen LogP contribution in [0.5, 0.6) is 0 Å². The van der Waals surface area contributed by atoms with Gasteiger partial charge in [-0.2, -0.15) is 0 Å². The van der Waals surface area contributed by atoms with Crippen molar-refractivity contribution in [2.24, 2.45) is 0 Å². The summed E-state index contributed by atoms with van der Waals surface area (Å²) in [5, 5.41) is 20.1. The molecule has 0 radical (unpaired) electrons. The third-order valence-electron chi connectivity index (χ3n) is 12.1. The van der Waals surface area contributed by atoms with Gasteiger partial charge >= 0.3 is 0 Å². The molecule has 0 aromatic heterocycles. The molecule has 472 valence electrons. The molecule has 2 atom stereocenters. The first-order chi connectivity index (χ1) is 40.6. The number of carboxylic acids is 2. The summed E-state index contributed by atoms with van der Waals surface area (Å²) in [7, 11) is -5.72. The van der Waals surface area contributed by atoms with Gasteiger partial charge in [0.05, 0.1) is 11.9 Å². The first kappa shape index (κ1) is 73.8. The summed E-state index contributed by atoms with van der Waals surface area (Å²) in [6.45, 7) is 4.36. The van der Waals surface area contributed by atoms with Crippen molar-refractivity contribution >= 4 is 33.7 Å². The SMILES string of the molecule is CCCCCCCCCCC(F)C(=O)[O-].CCCCCCCCCCC(F)C(=O)[O-].Fc1cc(F)c([S+](c2c(F)cc(F)cc2F)c2c(F)cc(F)cc2F)c(F)c1.Fc1cc(F)c([S+](c2c(F)cc(F)cc2F)c2c(F)cc(F)cc2F)c(F)c1. The van der Waals surface area contributed by atoms with Gasteiger partial charge in [-0.25, -0.2) is 87.8 Å². The Kier molecular flexibility index (Phi) is 31.5. The molecule has 0 saturated heterocycles. The van der Waals surface area contributed by atoms with E-state index in [1.165, 1.54) is 64.2 Å². The molecule has 4 nitrogen and oxygen atoms in total. The molecule has 0 saturated carbocycles. The van der Waals surface area contributed by atoms with Crippen molar-refractivity contribution in [2.75, 3.05) is 0 Å². The highest BCUT2D eigenvalue weighted by atomic mass is 32.2. The normalized spacial score (nSPS) is 11.8. The van der Waals surface area contributed by atoms with Crippen LogP contribution in [0.1, 0.15) is 129 Å². The van der Waals surface area contributed by atoms with E-state index in [2.05, 4.69) is 13.8 Å². The minimum absolute atomic E-state index is 0.108. The quantitative estimate of drug-likeness (QED) is 0.0308. The second-order valence-corrected chi connectivity index (χ2v) is 22.6. The van der Waals surface area contributed by atoms with E-state index < -0.39 is 180 Å². The Morgan fingerprint density at radius 2 is 0.430 bits per heavy atom. The highest BCUT2D eigenvalue weighted by Gasteiger charge is 2.47. The minimum Gasteiger partial charge on any atom is -0.547 e. The summed E-state index contributed by atoms with van der Waals surface area (Å²) in [6, 6.07) is 1.63. The van der Waals surface area contributed by atoms with Crippen molar-refractivity contribution in [3.8, 4) is 0 Å². The molecule has 26 heteroatoms. The average Bonchev–Trinajstić information content (AvgIpc) is 1.59. The smallest absolute Gasteiger partial charge is 0.238 e. The topological polar surface area (TPSA) is 80.3 Å². The number of rotatable bonds is 26. The molecule has 0 aliphatic carbocycles. The molecule has 0 fully saturated rings. The van der Waals surface area contributed by atoms with Crippen LogP contribution in [0.3, 0.4) is 0 Å². The van der Waals surface area contributed by atoms with E-state index in [9.17, 15) is 108 Å². The van der Waals surface area contributed by atoms with Gasteiger partial charge in [-0.3, -0.25) is 0 Å². The minimum atomic E-state index is -2.86. The number of carbonyl (C=O) groups excluding carboxylic acids is 2. The van der Waals surface area contributed by atoms with Crippen molar-refractivity contribution < 1.29 is 108 Å². The highest BCUT2D eigenvalue weighted by molar-refractivity contribution is 7.97. The van der Waals surface area contributed by atoms with Gasteiger partial charge in [0.25, 0.3) is 0 Å². The standard InChI is InChI=1S/2C18H6F9S.2C12H23FO2/c2*19-7-1-10(22)16(11(23)2-7)28(17-12(24)3-8(20)4-13(17)25)18-14(26)5-9(21)6-15(18)27;2*1-2-3-4-5-6-7-8-9-10-11(13)12(14)15/h2*1-6H;2*11H,2-10H2,1H3,(H,14,15)/q2*+1;;/p-2. The molecule has 6 aromatic carbocycles. The molecular weight excluding hydrogens is 1230 g/mol. The molecule has 6 rings (SSSR count). The molecule has 2 unspecified atom stereocenters. The number of aliphatic carboxylic acids is 2. The van der Waals surface area contributed by atoms with E-state index in [0.29, 0.717) is 12.8 Å². The summed E-state index contributed by atoms with van der Waals surface area (Å²) in [5.74, 6) is -32.0. The van der Waals surface area contributed by atoms with Crippen LogP contribution in [0.4, 0.5) is 87.8 Å². The van der Waals surface area contributed by atoms with Crippen LogP contribution >= 0.6 is 0 Å². The largest absolute Gasteiger partial charge is 0.547 e. The molecule has 0 aliphatic rings. The lowest BCUT2D eigenvalue weighted by Gasteiger charge is -2.12. The van der Waals surface area contributed by atoms with Gasteiger partial charge in [-0.15, -0.1) is 0 Å². The van der Waals surface area contributed by atoms with E-state index >= 15 is 0 Å². The number of hydrogen-bond acceptors (Lipinski definition) is 4. The van der Waals surface area contributed by atoms with E-state index in [-0.39, 0.29) is 85.6 Å². The van der Waals surface area contributed by atoms with Crippen LogP contribution in [-0.2, 0) is 31.4 Å². The van der Waals surface area contributed by atoms with Crippen LogP contribution in [0, 0.1) is 105 Å². The van der Waals surface area contributed by atoms with Gasteiger partial charge in [-0.05, 0) is 12.8 Å². The molecule has 86 heavy (non-hydrogen) atoms. The molecule has 0 aliphatic heterocycles. The second kappa shape index (κ2) is 36.6. The predicted octanol–water partition coefficient (Wildman–Crippen LogP) is 17.3. The second-order valence-electron chi connectivity index (χ2n) is 18.9. The third kappa shape index (κ3) is 22.7. The summed E-state index contributed by atoms with van der Waals surface area (Å²) in [5.41, 5.74) is 0. The summed E-state index contributed by atoms with van der Waals surface area (Å²) >= 11 is 0. The maximum Gasteiger partial charge on any atom is 0.238 e. The molecule has 0 bridgehead atoms. The molecule has 6 aromatic rings. The average molecular weight is 1290 g/mol. The zero-order chi connectivity index (χ0) is 64.5. The Labute approximate surface area is 488 Å². The number of unbranched alkanes of at least 4 members (excludes halogenated alkanes) is 14.